The molecule has 7 heteroatoms. The number of amidine groups is 1. The number of aliphatic imine (C=N–C) groups is 1. The van der Waals surface area contributed by atoms with Crippen LogP contribution in [0.4, 0.5) is 5.69 Å². The molecule has 152 valence electrons. The molecule has 0 radical (unpaired) electrons. The van der Waals surface area contributed by atoms with Crippen molar-refractivity contribution in [2.75, 3.05) is 38.1 Å². The number of amides is 1. The second-order valence-corrected chi connectivity index (χ2v) is 7.15. The quantitative estimate of drug-likeness (QED) is 0.480. The van der Waals surface area contributed by atoms with E-state index < -0.39 is 0 Å². The highest BCUT2D eigenvalue weighted by Gasteiger charge is 2.32. The molecule has 1 heterocycles. The minimum atomic E-state index is -0.173. The molecule has 1 aliphatic rings. The molecule has 2 aromatic rings. The number of benzene rings is 2. The van der Waals surface area contributed by atoms with Gasteiger partial charge < -0.3 is 14.2 Å². The Bertz CT molecular complexity index is 909. The maximum absolute atomic E-state index is 13.2. The van der Waals surface area contributed by atoms with Gasteiger partial charge in [-0.1, -0.05) is 30.0 Å². The fourth-order valence-corrected chi connectivity index (χ4v) is 3.63. The Kier molecular flexibility index (Phi) is 7.32. The Hall–Kier alpha value is -2.77. The van der Waals surface area contributed by atoms with E-state index in [-0.39, 0.29) is 5.91 Å². The Labute approximate surface area is 175 Å². The van der Waals surface area contributed by atoms with Crippen LogP contribution in [0, 0.1) is 0 Å². The molecule has 0 fully saturated rings. The molecule has 0 atom stereocenters. The molecular formula is C22H24N2O4S. The molecule has 0 spiro atoms. The maximum atomic E-state index is 13.2. The summed E-state index contributed by atoms with van der Waals surface area (Å²) in [6, 6.07) is 14.9. The van der Waals surface area contributed by atoms with Crippen LogP contribution >= 0.6 is 11.8 Å². The average molecular weight is 413 g/mol. The standard InChI is InChI=1S/C22H24N2O4S/c1-4-28-12-13-29-22-23-20(14-16-8-10-18(26-2)11-9-16)21(25)24(22)17-6-5-7-19(15-17)27-3/h5-11,14-15H,4,12-13H2,1-3H3/b20-14-. The molecule has 0 saturated carbocycles. The van der Waals surface area contributed by atoms with E-state index in [0.29, 0.717) is 35.6 Å². The summed E-state index contributed by atoms with van der Waals surface area (Å²) < 4.78 is 15.9. The van der Waals surface area contributed by atoms with E-state index in [0.717, 1.165) is 17.0 Å². The van der Waals surface area contributed by atoms with Crippen molar-refractivity contribution in [2.45, 2.75) is 6.92 Å². The van der Waals surface area contributed by atoms with Crippen LogP contribution in [-0.4, -0.2) is 44.3 Å². The third-order valence-electron chi connectivity index (χ3n) is 4.22. The Balaban J connectivity index is 1.90. The molecule has 0 N–H and O–H groups in total. The van der Waals surface area contributed by atoms with E-state index in [2.05, 4.69) is 4.99 Å². The first kappa shape index (κ1) is 21.0. The molecule has 0 saturated heterocycles. The van der Waals surface area contributed by atoms with Gasteiger partial charge in [0.05, 0.1) is 26.5 Å². The lowest BCUT2D eigenvalue weighted by atomic mass is 10.2. The van der Waals surface area contributed by atoms with Crippen molar-refractivity contribution in [1.29, 1.82) is 0 Å². The lowest BCUT2D eigenvalue weighted by molar-refractivity contribution is -0.113. The molecule has 29 heavy (non-hydrogen) atoms. The maximum Gasteiger partial charge on any atom is 0.283 e. The summed E-state index contributed by atoms with van der Waals surface area (Å²) in [5, 5.41) is 0.628. The number of anilines is 1. The van der Waals surface area contributed by atoms with E-state index in [1.54, 1.807) is 25.2 Å². The molecule has 1 aliphatic heterocycles. The third-order valence-corrected chi connectivity index (χ3v) is 5.13. The van der Waals surface area contributed by atoms with Gasteiger partial charge in [0.2, 0.25) is 0 Å². The smallest absolute Gasteiger partial charge is 0.283 e. The molecule has 0 bridgehead atoms. The summed E-state index contributed by atoms with van der Waals surface area (Å²) in [6.07, 6.45) is 1.78. The summed E-state index contributed by atoms with van der Waals surface area (Å²) in [5.41, 5.74) is 1.98. The van der Waals surface area contributed by atoms with Crippen LogP contribution in [0.25, 0.3) is 6.08 Å². The van der Waals surface area contributed by atoms with Crippen LogP contribution in [-0.2, 0) is 9.53 Å². The third kappa shape index (κ3) is 5.19. The minimum Gasteiger partial charge on any atom is -0.497 e. The Morgan fingerprint density at radius 1 is 1.07 bits per heavy atom. The number of ether oxygens (including phenoxy) is 3. The fraction of sp³-hybridized carbons (Fsp3) is 0.273. The predicted octanol–water partition coefficient (Wildman–Crippen LogP) is 4.22. The highest BCUT2D eigenvalue weighted by atomic mass is 32.2. The number of thioether (sulfide) groups is 1. The monoisotopic (exact) mass is 412 g/mol. The van der Waals surface area contributed by atoms with Crippen molar-refractivity contribution in [3.63, 3.8) is 0 Å². The van der Waals surface area contributed by atoms with Gasteiger partial charge in [0, 0.05) is 18.4 Å². The topological polar surface area (TPSA) is 60.4 Å². The van der Waals surface area contributed by atoms with E-state index in [1.807, 2.05) is 55.5 Å². The average Bonchev–Trinajstić information content (AvgIpc) is 3.06. The lowest BCUT2D eigenvalue weighted by Gasteiger charge is -2.18. The van der Waals surface area contributed by atoms with Gasteiger partial charge in [-0.15, -0.1) is 0 Å². The number of methoxy groups -OCH3 is 2. The molecule has 2 aromatic carbocycles. The second kappa shape index (κ2) is 10.1. The van der Waals surface area contributed by atoms with Gasteiger partial charge in [-0.3, -0.25) is 9.69 Å². The molecule has 6 nitrogen and oxygen atoms in total. The van der Waals surface area contributed by atoms with Crippen molar-refractivity contribution in [3.05, 3.63) is 59.8 Å². The van der Waals surface area contributed by atoms with Crippen molar-refractivity contribution >= 4 is 34.6 Å². The molecule has 1 amide bonds. The summed E-state index contributed by atoms with van der Waals surface area (Å²) in [6.45, 7) is 3.21. The van der Waals surface area contributed by atoms with Crippen LogP contribution in [0.3, 0.4) is 0 Å². The first-order chi connectivity index (χ1) is 14.2. The molecule has 3 rings (SSSR count). The van der Waals surface area contributed by atoms with Gasteiger partial charge in [0.15, 0.2) is 5.17 Å². The molecule has 0 aromatic heterocycles. The lowest BCUT2D eigenvalue weighted by Crippen LogP contribution is -2.30. The van der Waals surface area contributed by atoms with Gasteiger partial charge in [0.1, 0.15) is 17.2 Å². The van der Waals surface area contributed by atoms with E-state index in [9.17, 15) is 4.79 Å². The zero-order chi connectivity index (χ0) is 20.6. The molecular weight excluding hydrogens is 388 g/mol. The Morgan fingerprint density at radius 3 is 2.52 bits per heavy atom. The van der Waals surface area contributed by atoms with Gasteiger partial charge in [-0.25, -0.2) is 4.99 Å². The van der Waals surface area contributed by atoms with Crippen LogP contribution in [0.5, 0.6) is 11.5 Å². The highest BCUT2D eigenvalue weighted by molar-refractivity contribution is 8.14. The van der Waals surface area contributed by atoms with Gasteiger partial charge >= 0.3 is 0 Å². The van der Waals surface area contributed by atoms with Crippen molar-refractivity contribution in [3.8, 4) is 11.5 Å². The SMILES string of the molecule is CCOCCSC1=N/C(=C\c2ccc(OC)cc2)C(=O)N1c1cccc(OC)c1. The Morgan fingerprint density at radius 2 is 1.83 bits per heavy atom. The normalized spacial score (nSPS) is 15.0. The van der Waals surface area contributed by atoms with Crippen LogP contribution in [0.2, 0.25) is 0 Å². The second-order valence-electron chi connectivity index (χ2n) is 6.08. The number of carbonyl (C=O) groups excluding carboxylic acids is 1. The van der Waals surface area contributed by atoms with Gasteiger partial charge in [-0.2, -0.15) is 0 Å². The summed E-state index contributed by atoms with van der Waals surface area (Å²) in [7, 11) is 3.22. The van der Waals surface area contributed by atoms with E-state index >= 15 is 0 Å². The number of carbonyl (C=O) groups is 1. The summed E-state index contributed by atoms with van der Waals surface area (Å²) in [4.78, 5) is 19.4. The number of hydrogen-bond donors (Lipinski definition) is 0. The van der Waals surface area contributed by atoms with Crippen molar-refractivity contribution in [1.82, 2.24) is 0 Å². The number of nitrogens with zero attached hydrogens (tertiary/aromatic N) is 2. The number of hydrogen-bond acceptors (Lipinski definition) is 6. The summed E-state index contributed by atoms with van der Waals surface area (Å²) in [5.74, 6) is 1.98. The van der Waals surface area contributed by atoms with Crippen LogP contribution < -0.4 is 14.4 Å². The zero-order valence-corrected chi connectivity index (χ0v) is 17.6. The van der Waals surface area contributed by atoms with Crippen LogP contribution in [0.15, 0.2) is 59.2 Å². The molecule has 0 aliphatic carbocycles. The van der Waals surface area contributed by atoms with E-state index in [4.69, 9.17) is 14.2 Å². The van der Waals surface area contributed by atoms with Gasteiger partial charge in [0.25, 0.3) is 5.91 Å². The van der Waals surface area contributed by atoms with Crippen molar-refractivity contribution in [2.24, 2.45) is 4.99 Å². The largest absolute Gasteiger partial charge is 0.497 e. The van der Waals surface area contributed by atoms with E-state index in [1.165, 1.54) is 11.8 Å². The van der Waals surface area contributed by atoms with Crippen LogP contribution in [0.1, 0.15) is 12.5 Å². The first-order valence-corrected chi connectivity index (χ1v) is 10.3. The fourth-order valence-electron chi connectivity index (χ4n) is 2.76. The minimum absolute atomic E-state index is 0.173. The first-order valence-electron chi connectivity index (χ1n) is 9.29. The predicted molar refractivity (Wildman–Crippen MR) is 118 cm³/mol. The van der Waals surface area contributed by atoms with Crippen molar-refractivity contribution < 1.29 is 19.0 Å². The number of rotatable bonds is 8. The zero-order valence-electron chi connectivity index (χ0n) is 16.8. The summed E-state index contributed by atoms with van der Waals surface area (Å²) >= 11 is 1.49. The molecule has 0 unspecified atom stereocenters. The highest BCUT2D eigenvalue weighted by Crippen LogP contribution is 2.31. The van der Waals surface area contributed by atoms with Gasteiger partial charge in [-0.05, 0) is 42.8 Å².